The van der Waals surface area contributed by atoms with Gasteiger partial charge >= 0.3 is 6.18 Å². The average Bonchev–Trinajstić information content (AvgIpc) is 2.29. The Morgan fingerprint density at radius 1 is 1.11 bits per heavy atom. The molecule has 0 heterocycles. The summed E-state index contributed by atoms with van der Waals surface area (Å²) in [5.41, 5.74) is 7.77. The van der Waals surface area contributed by atoms with Crippen LogP contribution in [0.2, 0.25) is 0 Å². The fourth-order valence-corrected chi connectivity index (χ4v) is 1.77. The van der Waals surface area contributed by atoms with Crippen molar-refractivity contribution < 1.29 is 13.2 Å². The van der Waals surface area contributed by atoms with Gasteiger partial charge in [0.15, 0.2) is 0 Å². The van der Waals surface area contributed by atoms with Crippen LogP contribution in [0.25, 0.3) is 0 Å². The molecule has 1 aromatic carbocycles. The summed E-state index contributed by atoms with van der Waals surface area (Å²) in [5.74, 6) is 0. The minimum Gasteiger partial charge on any atom is -0.330 e. The molecule has 0 unspecified atom stereocenters. The first-order valence-electron chi connectivity index (χ1n) is 6.07. The van der Waals surface area contributed by atoms with Crippen molar-refractivity contribution >= 4 is 0 Å². The van der Waals surface area contributed by atoms with Crippen molar-refractivity contribution in [3.05, 3.63) is 35.4 Å². The van der Waals surface area contributed by atoms with Crippen molar-refractivity contribution in [1.29, 1.82) is 0 Å². The Bertz CT molecular complexity index is 350. The van der Waals surface area contributed by atoms with E-state index in [1.54, 1.807) is 0 Å². The minimum atomic E-state index is -4.06. The van der Waals surface area contributed by atoms with Crippen LogP contribution in [0.4, 0.5) is 13.2 Å². The zero-order valence-corrected chi connectivity index (χ0v) is 10.3. The summed E-state index contributed by atoms with van der Waals surface area (Å²) in [4.78, 5) is 0. The van der Waals surface area contributed by atoms with Gasteiger partial charge in [-0.25, -0.2) is 0 Å². The van der Waals surface area contributed by atoms with E-state index in [1.807, 2.05) is 24.3 Å². The second-order valence-electron chi connectivity index (χ2n) is 4.20. The number of halogens is 3. The van der Waals surface area contributed by atoms with Crippen LogP contribution >= 0.6 is 0 Å². The fraction of sp³-hybridized carbons (Fsp3) is 0.538. The van der Waals surface area contributed by atoms with Gasteiger partial charge < -0.3 is 11.1 Å². The molecule has 1 aromatic rings. The molecular weight excluding hydrogens is 241 g/mol. The molecule has 18 heavy (non-hydrogen) atoms. The van der Waals surface area contributed by atoms with Gasteiger partial charge in [0.2, 0.25) is 0 Å². The lowest BCUT2D eigenvalue weighted by Gasteiger charge is -2.10. The van der Waals surface area contributed by atoms with Gasteiger partial charge in [-0.15, -0.1) is 0 Å². The normalized spacial score (nSPS) is 11.8. The first-order chi connectivity index (χ1) is 8.53. The van der Waals surface area contributed by atoms with Crippen molar-refractivity contribution in [2.24, 2.45) is 5.73 Å². The van der Waals surface area contributed by atoms with Gasteiger partial charge in [0.25, 0.3) is 0 Å². The van der Waals surface area contributed by atoms with Crippen LogP contribution in [0.3, 0.4) is 0 Å². The number of hydrogen-bond donors (Lipinski definition) is 2. The van der Waals surface area contributed by atoms with Gasteiger partial charge in [0, 0.05) is 13.0 Å². The van der Waals surface area contributed by atoms with Crippen LogP contribution < -0.4 is 11.1 Å². The van der Waals surface area contributed by atoms with Crippen molar-refractivity contribution in [3.63, 3.8) is 0 Å². The topological polar surface area (TPSA) is 38.0 Å². The molecule has 2 nitrogen and oxygen atoms in total. The highest BCUT2D eigenvalue weighted by Gasteiger charge is 2.25. The number of nitrogens with one attached hydrogen (secondary N) is 1. The molecule has 0 aliphatic heterocycles. The number of benzene rings is 1. The van der Waals surface area contributed by atoms with Crippen LogP contribution in [0.5, 0.6) is 0 Å². The average molecular weight is 260 g/mol. The van der Waals surface area contributed by atoms with E-state index in [4.69, 9.17) is 5.73 Å². The van der Waals surface area contributed by atoms with Gasteiger partial charge in [-0.1, -0.05) is 24.3 Å². The molecule has 0 aliphatic rings. The molecular formula is C13H19F3N2. The predicted octanol–water partition coefficient (Wildman–Crippen LogP) is 2.62. The zero-order valence-electron chi connectivity index (χ0n) is 10.3. The summed E-state index contributed by atoms with van der Waals surface area (Å²) < 4.78 is 35.8. The second-order valence-corrected chi connectivity index (χ2v) is 4.20. The first-order valence-corrected chi connectivity index (χ1v) is 6.07. The van der Waals surface area contributed by atoms with Crippen molar-refractivity contribution in [2.45, 2.75) is 32.0 Å². The van der Waals surface area contributed by atoms with E-state index in [-0.39, 0.29) is 6.42 Å². The largest absolute Gasteiger partial charge is 0.389 e. The lowest BCUT2D eigenvalue weighted by Crippen LogP contribution is -2.19. The molecule has 0 amide bonds. The standard InChI is InChI=1S/C13H19F3N2/c14-13(15,16)7-3-9-18-10-12-5-2-1-4-11(12)6-8-17/h1-2,4-5,18H,3,6-10,17H2. The highest BCUT2D eigenvalue weighted by molar-refractivity contribution is 5.27. The van der Waals surface area contributed by atoms with Crippen LogP contribution in [0.15, 0.2) is 24.3 Å². The maximum absolute atomic E-state index is 11.9. The Hall–Kier alpha value is -1.07. The van der Waals surface area contributed by atoms with E-state index in [0.717, 1.165) is 17.5 Å². The van der Waals surface area contributed by atoms with Crippen LogP contribution in [-0.4, -0.2) is 19.3 Å². The van der Waals surface area contributed by atoms with Gasteiger partial charge in [-0.05, 0) is 37.1 Å². The Labute approximate surface area is 105 Å². The third-order valence-electron chi connectivity index (χ3n) is 2.66. The summed E-state index contributed by atoms with van der Waals surface area (Å²) in [6.07, 6.45) is -3.88. The second kappa shape index (κ2) is 7.38. The molecule has 0 aliphatic carbocycles. The molecule has 0 saturated carbocycles. The number of rotatable bonds is 7. The van der Waals surface area contributed by atoms with Crippen LogP contribution in [0, 0.1) is 0 Å². The molecule has 5 heteroatoms. The number of hydrogen-bond acceptors (Lipinski definition) is 2. The van der Waals surface area contributed by atoms with Crippen LogP contribution in [0.1, 0.15) is 24.0 Å². The molecule has 0 bridgehead atoms. The van der Waals surface area contributed by atoms with E-state index < -0.39 is 12.6 Å². The molecule has 0 fully saturated rings. The van der Waals surface area contributed by atoms with E-state index in [2.05, 4.69) is 5.32 Å². The molecule has 1 rings (SSSR count). The fourth-order valence-electron chi connectivity index (χ4n) is 1.77. The Kier molecular flexibility index (Phi) is 6.15. The van der Waals surface area contributed by atoms with Crippen LogP contribution in [-0.2, 0) is 13.0 Å². The summed E-state index contributed by atoms with van der Waals surface area (Å²) in [6.45, 7) is 1.54. The first kappa shape index (κ1) is 15.0. The third kappa shape index (κ3) is 6.02. The minimum absolute atomic E-state index is 0.114. The molecule has 0 radical (unpaired) electrons. The quantitative estimate of drug-likeness (QED) is 0.740. The SMILES string of the molecule is NCCc1ccccc1CNCCCC(F)(F)F. The third-order valence-corrected chi connectivity index (χ3v) is 2.66. The molecule has 0 aromatic heterocycles. The summed E-state index contributed by atoms with van der Waals surface area (Å²) in [6, 6.07) is 7.84. The highest BCUT2D eigenvalue weighted by Crippen LogP contribution is 2.20. The van der Waals surface area contributed by atoms with Crippen molar-refractivity contribution in [3.8, 4) is 0 Å². The summed E-state index contributed by atoms with van der Waals surface area (Å²) in [5, 5.41) is 3.03. The van der Waals surface area contributed by atoms with Crippen molar-refractivity contribution in [2.75, 3.05) is 13.1 Å². The van der Waals surface area contributed by atoms with Crippen molar-refractivity contribution in [1.82, 2.24) is 5.32 Å². The van der Waals surface area contributed by atoms with E-state index in [1.165, 1.54) is 0 Å². The monoisotopic (exact) mass is 260 g/mol. The van der Waals surface area contributed by atoms with E-state index in [0.29, 0.717) is 19.6 Å². The van der Waals surface area contributed by atoms with Gasteiger partial charge in [-0.2, -0.15) is 13.2 Å². The number of nitrogens with two attached hydrogens (primary N) is 1. The van der Waals surface area contributed by atoms with E-state index in [9.17, 15) is 13.2 Å². The lowest BCUT2D eigenvalue weighted by molar-refractivity contribution is -0.135. The van der Waals surface area contributed by atoms with E-state index >= 15 is 0 Å². The van der Waals surface area contributed by atoms with Gasteiger partial charge in [0.05, 0.1) is 0 Å². The Morgan fingerprint density at radius 2 is 1.78 bits per heavy atom. The molecule has 3 N–H and O–H groups in total. The molecule has 0 atom stereocenters. The summed E-state index contributed by atoms with van der Waals surface area (Å²) in [7, 11) is 0. The maximum atomic E-state index is 11.9. The van der Waals surface area contributed by atoms with Gasteiger partial charge in [0.1, 0.15) is 0 Å². The molecule has 0 saturated heterocycles. The highest BCUT2D eigenvalue weighted by atomic mass is 19.4. The Morgan fingerprint density at radius 3 is 2.39 bits per heavy atom. The molecule has 102 valence electrons. The smallest absolute Gasteiger partial charge is 0.330 e. The summed E-state index contributed by atoms with van der Waals surface area (Å²) >= 11 is 0. The molecule has 0 spiro atoms. The maximum Gasteiger partial charge on any atom is 0.389 e. The number of alkyl halides is 3. The zero-order chi connectivity index (χ0) is 13.4. The lowest BCUT2D eigenvalue weighted by atomic mass is 10.0. The van der Waals surface area contributed by atoms with Gasteiger partial charge in [-0.3, -0.25) is 0 Å². The Balaban J connectivity index is 2.31. The predicted molar refractivity (Wildman–Crippen MR) is 66.2 cm³/mol.